The maximum atomic E-state index is 7.75. The van der Waals surface area contributed by atoms with E-state index in [4.69, 9.17) is 8.83 Å². The zero-order valence-electron chi connectivity index (χ0n) is 55.2. The lowest BCUT2D eigenvalue weighted by atomic mass is 9.33. The van der Waals surface area contributed by atoms with Gasteiger partial charge in [-0.15, -0.1) is 0 Å². The smallest absolute Gasteiger partial charge is 0.261 e. The van der Waals surface area contributed by atoms with Crippen LogP contribution in [0.3, 0.4) is 0 Å². The molecule has 0 amide bonds. The lowest BCUT2D eigenvalue weighted by Crippen LogP contribution is -2.61. The SMILES string of the molecule is CC(C)(C)c1ccc(-c2cc3c(c4oc5ccccc5c24)B2c4c(cc(-c5ccccc5)cc4N(c4cc(-c5ccccc5)cc(-c5ccccc5)c4)c4cc(-c5ccc(C(C)(C)C)cc5)c5c(oc6ccccc65)c42)N3c2cc(-c3ccccc3)cc(-c3ccccc3)c2)cc1. The molecule has 4 nitrogen and oxygen atoms in total. The molecule has 0 N–H and O–H groups in total. The quantitative estimate of drug-likeness (QED) is 0.135. The molecule has 4 heterocycles. The molecule has 97 heavy (non-hydrogen) atoms. The number of fused-ring (bicyclic) bond motifs is 12. The van der Waals surface area contributed by atoms with E-state index in [0.717, 1.165) is 172 Å². The highest BCUT2D eigenvalue weighted by Gasteiger charge is 2.48. The van der Waals surface area contributed by atoms with Gasteiger partial charge in [-0.25, -0.2) is 0 Å². The fourth-order valence-corrected chi connectivity index (χ4v) is 15.5. The molecule has 0 unspecified atom stereocenters. The third-order valence-electron chi connectivity index (χ3n) is 20.3. The van der Waals surface area contributed by atoms with Gasteiger partial charge in [0, 0.05) is 55.7 Å². The van der Waals surface area contributed by atoms with Crippen LogP contribution < -0.4 is 26.2 Å². The number of furan rings is 2. The van der Waals surface area contributed by atoms with Crippen molar-refractivity contribution < 1.29 is 8.83 Å². The minimum Gasteiger partial charge on any atom is -0.456 e. The molecular weight excluding hydrogens is 1180 g/mol. The van der Waals surface area contributed by atoms with Crippen LogP contribution in [-0.4, -0.2) is 6.71 Å². The van der Waals surface area contributed by atoms with E-state index in [1.54, 1.807) is 0 Å². The monoisotopic (exact) mass is 1240 g/mol. The van der Waals surface area contributed by atoms with Crippen molar-refractivity contribution in [2.45, 2.75) is 52.4 Å². The summed E-state index contributed by atoms with van der Waals surface area (Å²) in [5.74, 6) is 0. The van der Waals surface area contributed by atoms with Crippen molar-refractivity contribution in [3.8, 4) is 77.9 Å². The standard InChI is InChI=1S/C92H69BN2O2/c1-91(2,3)70-44-40-63(41-45-70)76-56-80-87(89-84(76)74-36-22-24-38-82(74)96-89)93-86-78(94(80)72-50-65(58-26-12-7-13-27-58)48-66(51-72)59-28-14-8-15-29-59)54-69(62-34-20-11-21-35-62)55-79(86)95(73-52-67(60-30-16-9-17-31-60)49-68(53-73)61-32-18-10-19-33-61)81-57-77(64-42-46-71(47-43-64)92(4,5)6)85-75-37-23-25-39-83(75)97-90(85)88(81)93/h7-57H,1-6H3. The Kier molecular flexibility index (Phi) is 13.4. The predicted octanol–water partition coefficient (Wildman–Crippen LogP) is 23.8. The molecule has 2 aromatic heterocycles. The van der Waals surface area contributed by atoms with Crippen LogP contribution in [0.25, 0.3) is 122 Å². The summed E-state index contributed by atoms with van der Waals surface area (Å²) in [4.78, 5) is 5.19. The first kappa shape index (κ1) is 58.0. The van der Waals surface area contributed by atoms with Gasteiger partial charge in [0.1, 0.15) is 22.3 Å². The summed E-state index contributed by atoms with van der Waals surface area (Å²) < 4.78 is 15.5. The molecule has 462 valence electrons. The van der Waals surface area contributed by atoms with Crippen molar-refractivity contribution in [3.05, 3.63) is 321 Å². The second-order valence-corrected chi connectivity index (χ2v) is 28.4. The first-order valence-electron chi connectivity index (χ1n) is 33.9. The van der Waals surface area contributed by atoms with Gasteiger partial charge >= 0.3 is 0 Å². The molecule has 18 rings (SSSR count). The van der Waals surface area contributed by atoms with E-state index < -0.39 is 6.71 Å². The average Bonchev–Trinajstić information content (AvgIpc) is 1.67. The first-order chi connectivity index (χ1) is 47.4. The maximum Gasteiger partial charge on any atom is 0.261 e. The van der Waals surface area contributed by atoms with E-state index in [1.807, 2.05) is 0 Å². The first-order valence-corrected chi connectivity index (χ1v) is 33.9. The second-order valence-electron chi connectivity index (χ2n) is 28.4. The van der Waals surface area contributed by atoms with Gasteiger partial charge in [0.25, 0.3) is 6.71 Å². The molecule has 0 spiro atoms. The summed E-state index contributed by atoms with van der Waals surface area (Å²) in [6.07, 6.45) is 0. The van der Waals surface area contributed by atoms with Crippen LogP contribution in [0.4, 0.5) is 34.1 Å². The van der Waals surface area contributed by atoms with E-state index in [1.165, 1.54) is 11.1 Å². The number of hydrogen-bond acceptors (Lipinski definition) is 4. The van der Waals surface area contributed by atoms with Gasteiger partial charge in [-0.05, 0) is 189 Å². The topological polar surface area (TPSA) is 32.8 Å². The van der Waals surface area contributed by atoms with Gasteiger partial charge in [-0.3, -0.25) is 0 Å². The Bertz CT molecular complexity index is 5300. The highest BCUT2D eigenvalue weighted by atomic mass is 16.3. The summed E-state index contributed by atoms with van der Waals surface area (Å²) in [5, 5.41) is 4.29. The molecule has 0 saturated carbocycles. The molecule has 16 aromatic rings. The third-order valence-corrected chi connectivity index (χ3v) is 20.3. The Morgan fingerprint density at radius 2 is 0.546 bits per heavy atom. The van der Waals surface area contributed by atoms with Crippen molar-refractivity contribution in [2.75, 3.05) is 9.80 Å². The molecule has 0 aliphatic carbocycles. The van der Waals surface area contributed by atoms with E-state index in [0.29, 0.717) is 0 Å². The van der Waals surface area contributed by atoms with Crippen molar-refractivity contribution >= 4 is 101 Å². The third kappa shape index (κ3) is 9.74. The summed E-state index contributed by atoms with van der Waals surface area (Å²) in [5.41, 5.74) is 30.9. The molecular formula is C92H69BN2O2. The molecule has 2 aliphatic heterocycles. The summed E-state index contributed by atoms with van der Waals surface area (Å²) in [6, 6.07) is 115. The number of rotatable bonds is 9. The van der Waals surface area contributed by atoms with Crippen LogP contribution in [0, 0.1) is 0 Å². The number of hydrogen-bond donors (Lipinski definition) is 0. The molecule has 14 aromatic carbocycles. The Morgan fingerprint density at radius 1 is 0.258 bits per heavy atom. The summed E-state index contributed by atoms with van der Waals surface area (Å²) in [7, 11) is 0. The lowest BCUT2D eigenvalue weighted by Gasteiger charge is -2.45. The zero-order chi connectivity index (χ0) is 65.3. The number of anilines is 6. The molecule has 0 atom stereocenters. The Balaban J connectivity index is 1.05. The maximum absolute atomic E-state index is 7.75. The number of para-hydroxylation sites is 2. The van der Waals surface area contributed by atoms with Crippen molar-refractivity contribution in [2.24, 2.45) is 0 Å². The number of benzene rings is 14. The molecule has 0 fully saturated rings. The second kappa shape index (κ2) is 22.5. The van der Waals surface area contributed by atoms with Gasteiger partial charge in [0.05, 0.1) is 0 Å². The molecule has 0 radical (unpaired) electrons. The summed E-state index contributed by atoms with van der Waals surface area (Å²) >= 11 is 0. The largest absolute Gasteiger partial charge is 0.456 e. The predicted molar refractivity (Wildman–Crippen MR) is 410 cm³/mol. The van der Waals surface area contributed by atoms with Crippen LogP contribution in [0.1, 0.15) is 52.7 Å². The van der Waals surface area contributed by atoms with Gasteiger partial charge in [-0.2, -0.15) is 0 Å². The minimum absolute atomic E-state index is 0.0487. The Labute approximate surface area is 567 Å². The molecule has 2 aliphatic rings. The van der Waals surface area contributed by atoms with Crippen LogP contribution in [-0.2, 0) is 10.8 Å². The Hall–Kier alpha value is -11.7. The van der Waals surface area contributed by atoms with Gasteiger partial charge in [0.2, 0.25) is 0 Å². The minimum atomic E-state index is -0.454. The van der Waals surface area contributed by atoms with Crippen LogP contribution in [0.5, 0.6) is 0 Å². The van der Waals surface area contributed by atoms with Gasteiger partial charge in [-0.1, -0.05) is 278 Å². The highest BCUT2D eigenvalue weighted by Crippen LogP contribution is 2.54. The van der Waals surface area contributed by atoms with Crippen LogP contribution in [0.15, 0.2) is 318 Å². The average molecular weight is 1250 g/mol. The van der Waals surface area contributed by atoms with Crippen LogP contribution >= 0.6 is 0 Å². The van der Waals surface area contributed by atoms with Gasteiger partial charge < -0.3 is 18.6 Å². The van der Waals surface area contributed by atoms with Gasteiger partial charge in [0.15, 0.2) is 0 Å². The van der Waals surface area contributed by atoms with E-state index in [9.17, 15) is 0 Å². The Morgan fingerprint density at radius 3 is 0.866 bits per heavy atom. The van der Waals surface area contributed by atoms with E-state index in [-0.39, 0.29) is 10.8 Å². The lowest BCUT2D eigenvalue weighted by molar-refractivity contribution is 0.590. The van der Waals surface area contributed by atoms with E-state index in [2.05, 4.69) is 361 Å². The fourth-order valence-electron chi connectivity index (χ4n) is 15.5. The van der Waals surface area contributed by atoms with Crippen molar-refractivity contribution in [1.29, 1.82) is 0 Å². The normalized spacial score (nSPS) is 12.8. The van der Waals surface area contributed by atoms with Crippen LogP contribution in [0.2, 0.25) is 0 Å². The zero-order valence-corrected chi connectivity index (χ0v) is 55.2. The van der Waals surface area contributed by atoms with Crippen molar-refractivity contribution in [1.82, 2.24) is 0 Å². The molecule has 0 saturated heterocycles. The molecule has 0 bridgehead atoms. The highest BCUT2D eigenvalue weighted by molar-refractivity contribution is 7.03. The summed E-state index contributed by atoms with van der Waals surface area (Å²) in [6.45, 7) is 13.3. The fraction of sp³-hybridized carbons (Fsp3) is 0.0870. The van der Waals surface area contributed by atoms with Crippen molar-refractivity contribution in [3.63, 3.8) is 0 Å². The molecule has 5 heteroatoms. The van der Waals surface area contributed by atoms with E-state index >= 15 is 0 Å². The number of nitrogens with zero attached hydrogens (tertiary/aromatic N) is 2.